The fourth-order valence-electron chi connectivity index (χ4n) is 6.33. The van der Waals surface area contributed by atoms with E-state index < -0.39 is 0 Å². The second-order valence-corrected chi connectivity index (χ2v) is 10.5. The van der Waals surface area contributed by atoms with Crippen LogP contribution in [-0.2, 0) is 16.0 Å². The number of aryl methyl sites for hydroxylation is 1. The first-order chi connectivity index (χ1) is 14.3. The Kier molecular flexibility index (Phi) is 4.46. The van der Waals surface area contributed by atoms with Gasteiger partial charge in [0.05, 0.1) is 17.5 Å². The van der Waals surface area contributed by atoms with E-state index in [1.54, 1.807) is 0 Å². The highest BCUT2D eigenvalue weighted by Crippen LogP contribution is 2.58. The zero-order valence-corrected chi connectivity index (χ0v) is 18.4. The summed E-state index contributed by atoms with van der Waals surface area (Å²) < 4.78 is 0. The van der Waals surface area contributed by atoms with E-state index in [9.17, 15) is 9.59 Å². The fourth-order valence-corrected chi connectivity index (χ4v) is 6.33. The first kappa shape index (κ1) is 19.6. The van der Waals surface area contributed by atoms with E-state index in [1.165, 1.54) is 22.7 Å². The van der Waals surface area contributed by atoms with Gasteiger partial charge in [-0.3, -0.25) is 9.59 Å². The van der Waals surface area contributed by atoms with Gasteiger partial charge < -0.3 is 4.98 Å². The molecule has 1 aromatic heterocycles. The number of carbonyl (C=O) groups excluding carboxylic acids is 2. The van der Waals surface area contributed by atoms with Crippen molar-refractivity contribution in [3.8, 4) is 0 Å². The number of para-hydroxylation sites is 1. The molecule has 1 aromatic carbocycles. The summed E-state index contributed by atoms with van der Waals surface area (Å²) in [4.78, 5) is 32.5. The molecule has 1 saturated heterocycles. The van der Waals surface area contributed by atoms with Crippen LogP contribution < -0.4 is 4.90 Å². The summed E-state index contributed by atoms with van der Waals surface area (Å²) in [7, 11) is 0. The summed E-state index contributed by atoms with van der Waals surface area (Å²) in [6.07, 6.45) is 4.22. The Morgan fingerprint density at radius 1 is 1.07 bits per heavy atom. The molecule has 3 aliphatic rings. The monoisotopic (exact) mass is 404 g/mol. The molecule has 1 aliphatic heterocycles. The van der Waals surface area contributed by atoms with Gasteiger partial charge in [0.1, 0.15) is 0 Å². The van der Waals surface area contributed by atoms with Crippen molar-refractivity contribution in [1.82, 2.24) is 4.98 Å². The van der Waals surface area contributed by atoms with Crippen LogP contribution in [0, 0.1) is 23.2 Å². The average molecular weight is 405 g/mol. The lowest BCUT2D eigenvalue weighted by atomic mass is 9.57. The number of aromatic amines is 1. The van der Waals surface area contributed by atoms with Crippen molar-refractivity contribution in [3.63, 3.8) is 0 Å². The molecule has 2 fully saturated rings. The van der Waals surface area contributed by atoms with Gasteiger partial charge in [-0.2, -0.15) is 0 Å². The maximum atomic E-state index is 13.7. The number of amides is 2. The van der Waals surface area contributed by atoms with Crippen LogP contribution in [0.4, 0.5) is 5.69 Å². The van der Waals surface area contributed by atoms with Crippen molar-refractivity contribution in [2.24, 2.45) is 23.2 Å². The summed E-state index contributed by atoms with van der Waals surface area (Å²) in [5.74, 6) is 0.544. The zero-order valence-electron chi connectivity index (χ0n) is 18.4. The minimum absolute atomic E-state index is 0.00524. The van der Waals surface area contributed by atoms with Crippen molar-refractivity contribution in [3.05, 3.63) is 53.3 Å². The van der Waals surface area contributed by atoms with Gasteiger partial charge in [0.15, 0.2) is 0 Å². The Balaban J connectivity index is 1.62. The van der Waals surface area contributed by atoms with Crippen LogP contribution in [0.1, 0.15) is 75.7 Å². The highest BCUT2D eigenvalue weighted by molar-refractivity contribution is 6.24. The van der Waals surface area contributed by atoms with E-state index >= 15 is 0 Å². The largest absolute Gasteiger partial charge is 0.362 e. The Hall–Kier alpha value is -2.36. The van der Waals surface area contributed by atoms with Gasteiger partial charge in [0, 0.05) is 17.3 Å². The first-order valence-electron chi connectivity index (χ1n) is 11.5. The molecule has 0 bridgehead atoms. The van der Waals surface area contributed by atoms with E-state index in [4.69, 9.17) is 0 Å². The average Bonchev–Trinajstić information content (AvgIpc) is 3.27. The Bertz CT molecular complexity index is 984. The maximum Gasteiger partial charge on any atom is 0.242 e. The van der Waals surface area contributed by atoms with Crippen molar-refractivity contribution in [2.75, 3.05) is 4.90 Å². The standard InChI is InChI=1S/C26H32N2O2/c1-5-16-14-20-22-21(24(29)28(25(22)30)17-9-7-6-8-10-17)19-13-15(26(2,3)4)11-12-18(19)23(20)27-16/h6-10,14-15,18-19,21-22,27H,5,11-13H2,1-4H3/t15?,18-,19+,21+,22-/m1/s1. The van der Waals surface area contributed by atoms with Crippen LogP contribution in [-0.4, -0.2) is 16.8 Å². The van der Waals surface area contributed by atoms with Gasteiger partial charge in [-0.25, -0.2) is 4.90 Å². The topological polar surface area (TPSA) is 53.2 Å². The molecular weight excluding hydrogens is 372 g/mol. The van der Waals surface area contributed by atoms with Crippen molar-refractivity contribution in [2.45, 2.75) is 65.2 Å². The number of anilines is 1. The summed E-state index contributed by atoms with van der Waals surface area (Å²) in [5, 5.41) is 0. The van der Waals surface area contributed by atoms with Gasteiger partial charge in [0.2, 0.25) is 11.8 Å². The van der Waals surface area contributed by atoms with Gasteiger partial charge in [-0.15, -0.1) is 0 Å². The minimum Gasteiger partial charge on any atom is -0.362 e. The number of benzene rings is 1. The number of aromatic nitrogens is 1. The van der Waals surface area contributed by atoms with E-state index in [1.807, 2.05) is 30.3 Å². The number of hydrogen-bond donors (Lipinski definition) is 1. The number of hydrogen-bond acceptors (Lipinski definition) is 2. The maximum absolute atomic E-state index is 13.7. The molecule has 4 heteroatoms. The first-order valence-corrected chi connectivity index (χ1v) is 11.5. The number of nitrogens with zero attached hydrogens (tertiary/aromatic N) is 1. The van der Waals surface area contributed by atoms with Gasteiger partial charge in [-0.1, -0.05) is 45.9 Å². The lowest BCUT2D eigenvalue weighted by Crippen LogP contribution is -2.41. The molecule has 5 rings (SSSR count). The number of imide groups is 1. The van der Waals surface area contributed by atoms with E-state index in [0.29, 0.717) is 17.5 Å². The smallest absolute Gasteiger partial charge is 0.242 e. The summed E-state index contributed by atoms with van der Waals surface area (Å²) in [6.45, 7) is 9.07. The van der Waals surface area contributed by atoms with Crippen LogP contribution >= 0.6 is 0 Å². The predicted octanol–water partition coefficient (Wildman–Crippen LogP) is 5.41. The Labute approximate surface area is 179 Å². The minimum atomic E-state index is -0.343. The summed E-state index contributed by atoms with van der Waals surface area (Å²) in [5.41, 5.74) is 4.42. The second kappa shape index (κ2) is 6.83. The lowest BCUT2D eigenvalue weighted by Gasteiger charge is -2.46. The summed E-state index contributed by atoms with van der Waals surface area (Å²) in [6, 6.07) is 11.6. The van der Waals surface area contributed by atoms with Crippen molar-refractivity contribution < 1.29 is 9.59 Å². The number of nitrogens with one attached hydrogen (secondary N) is 1. The number of fused-ring (bicyclic) bond motifs is 6. The molecule has 30 heavy (non-hydrogen) atoms. The second-order valence-electron chi connectivity index (χ2n) is 10.5. The number of H-pyrrole nitrogens is 1. The van der Waals surface area contributed by atoms with Gasteiger partial charge in [0.25, 0.3) is 0 Å². The molecule has 1 unspecified atom stereocenters. The molecule has 5 atom stereocenters. The van der Waals surface area contributed by atoms with E-state index in [-0.39, 0.29) is 35.0 Å². The molecule has 0 radical (unpaired) electrons. The van der Waals surface area contributed by atoms with Crippen molar-refractivity contribution in [1.29, 1.82) is 0 Å². The van der Waals surface area contributed by atoms with Crippen LogP contribution in [0.3, 0.4) is 0 Å². The normalized spacial score (nSPS) is 30.8. The predicted molar refractivity (Wildman–Crippen MR) is 118 cm³/mol. The number of rotatable bonds is 2. The van der Waals surface area contributed by atoms with Crippen LogP contribution in [0.5, 0.6) is 0 Å². The van der Waals surface area contributed by atoms with E-state index in [0.717, 1.165) is 24.8 Å². The molecule has 0 spiro atoms. The highest BCUT2D eigenvalue weighted by atomic mass is 16.2. The van der Waals surface area contributed by atoms with Crippen LogP contribution in [0.2, 0.25) is 0 Å². The van der Waals surface area contributed by atoms with Gasteiger partial charge in [-0.05, 0) is 66.7 Å². The SMILES string of the molecule is CCc1cc2c([nH]1)[C@@H]1CCC(C(C)(C)C)C[C@@H]1[C@@H]1C(=O)N(c3ccccc3)C(=O)[C@H]21. The third kappa shape index (κ3) is 2.79. The Morgan fingerprint density at radius 2 is 1.80 bits per heavy atom. The molecule has 2 heterocycles. The fraction of sp³-hybridized carbons (Fsp3) is 0.538. The van der Waals surface area contributed by atoms with E-state index in [2.05, 4.69) is 38.7 Å². The summed E-state index contributed by atoms with van der Waals surface area (Å²) >= 11 is 0. The zero-order chi connectivity index (χ0) is 21.2. The highest BCUT2D eigenvalue weighted by Gasteiger charge is 2.59. The quantitative estimate of drug-likeness (QED) is 0.681. The molecular formula is C26H32N2O2. The van der Waals surface area contributed by atoms with Crippen LogP contribution in [0.25, 0.3) is 0 Å². The number of carbonyl (C=O) groups is 2. The molecule has 2 aliphatic carbocycles. The molecule has 4 nitrogen and oxygen atoms in total. The molecule has 1 saturated carbocycles. The lowest BCUT2D eigenvalue weighted by molar-refractivity contribution is -0.123. The Morgan fingerprint density at radius 3 is 2.47 bits per heavy atom. The molecule has 1 N–H and O–H groups in total. The molecule has 2 aromatic rings. The third-order valence-electron chi connectivity index (χ3n) is 7.97. The van der Waals surface area contributed by atoms with Crippen LogP contribution in [0.15, 0.2) is 36.4 Å². The third-order valence-corrected chi connectivity index (χ3v) is 7.97. The molecule has 158 valence electrons. The van der Waals surface area contributed by atoms with Crippen molar-refractivity contribution >= 4 is 17.5 Å². The van der Waals surface area contributed by atoms with Gasteiger partial charge >= 0.3 is 0 Å². The molecule has 2 amide bonds.